The highest BCUT2D eigenvalue weighted by Crippen LogP contribution is 2.37. The van der Waals surface area contributed by atoms with Crippen molar-refractivity contribution in [3.63, 3.8) is 0 Å². The summed E-state index contributed by atoms with van der Waals surface area (Å²) in [7, 11) is 0. The quantitative estimate of drug-likeness (QED) is 0.797. The molecule has 0 aliphatic carbocycles. The molecule has 0 unspecified atom stereocenters. The van der Waals surface area contributed by atoms with Crippen molar-refractivity contribution in [1.82, 2.24) is 9.99 Å². The lowest BCUT2D eigenvalue weighted by Gasteiger charge is -2.21. The number of amides is 1. The standard InChI is InChI=1S/C19H15N3O3/c23-17-5-2-1-4-14(17)16-12-15(13-7-9-20-10-8-13)21-22(16)19(24)18-6-3-11-25-18/h1-11,16,23H,12H2/t16-/m0/s1. The molecule has 3 aromatic rings. The van der Waals surface area contributed by atoms with E-state index in [4.69, 9.17) is 4.42 Å². The summed E-state index contributed by atoms with van der Waals surface area (Å²) in [4.78, 5) is 16.8. The third kappa shape index (κ3) is 2.78. The maximum atomic E-state index is 12.8. The van der Waals surface area contributed by atoms with E-state index in [2.05, 4.69) is 10.1 Å². The van der Waals surface area contributed by atoms with Crippen molar-refractivity contribution < 1.29 is 14.3 Å². The second-order valence-corrected chi connectivity index (χ2v) is 5.69. The summed E-state index contributed by atoms with van der Waals surface area (Å²) < 4.78 is 5.23. The first kappa shape index (κ1) is 15.1. The van der Waals surface area contributed by atoms with E-state index in [1.807, 2.05) is 18.2 Å². The Morgan fingerprint density at radius 3 is 2.64 bits per heavy atom. The lowest BCUT2D eigenvalue weighted by Crippen LogP contribution is -2.26. The number of phenolic OH excluding ortho intramolecular Hbond substituents is 1. The van der Waals surface area contributed by atoms with Crippen molar-refractivity contribution in [2.24, 2.45) is 5.10 Å². The van der Waals surface area contributed by atoms with E-state index >= 15 is 0 Å². The number of benzene rings is 1. The molecule has 0 spiro atoms. The molecule has 0 bridgehead atoms. The lowest BCUT2D eigenvalue weighted by molar-refractivity contribution is 0.0677. The molecule has 124 valence electrons. The van der Waals surface area contributed by atoms with Crippen LogP contribution in [0.5, 0.6) is 5.75 Å². The monoisotopic (exact) mass is 333 g/mol. The van der Waals surface area contributed by atoms with Crippen molar-refractivity contribution in [1.29, 1.82) is 0 Å². The highest BCUT2D eigenvalue weighted by Gasteiger charge is 2.35. The summed E-state index contributed by atoms with van der Waals surface area (Å²) in [6.45, 7) is 0. The van der Waals surface area contributed by atoms with Gasteiger partial charge in [0.2, 0.25) is 0 Å². The highest BCUT2D eigenvalue weighted by atomic mass is 16.3. The number of para-hydroxylation sites is 1. The number of nitrogens with zero attached hydrogens (tertiary/aromatic N) is 3. The van der Waals surface area contributed by atoms with E-state index in [1.54, 1.807) is 42.7 Å². The van der Waals surface area contributed by atoms with Gasteiger partial charge in [0.05, 0.1) is 18.0 Å². The number of pyridine rings is 1. The predicted octanol–water partition coefficient (Wildman–Crippen LogP) is 3.37. The first-order chi connectivity index (χ1) is 12.2. The topological polar surface area (TPSA) is 78.9 Å². The van der Waals surface area contributed by atoms with E-state index < -0.39 is 6.04 Å². The zero-order valence-electron chi connectivity index (χ0n) is 13.2. The molecule has 1 aliphatic heterocycles. The maximum absolute atomic E-state index is 12.8. The van der Waals surface area contributed by atoms with E-state index in [9.17, 15) is 9.90 Å². The zero-order valence-corrected chi connectivity index (χ0v) is 13.2. The van der Waals surface area contributed by atoms with Crippen molar-refractivity contribution in [2.45, 2.75) is 12.5 Å². The molecule has 25 heavy (non-hydrogen) atoms. The summed E-state index contributed by atoms with van der Waals surface area (Å²) in [5.74, 6) is -0.00150. The van der Waals surface area contributed by atoms with Gasteiger partial charge in [0.15, 0.2) is 5.76 Å². The number of hydrogen-bond donors (Lipinski definition) is 1. The van der Waals surface area contributed by atoms with Crippen LogP contribution in [-0.2, 0) is 0 Å². The van der Waals surface area contributed by atoms with Crippen LogP contribution >= 0.6 is 0 Å². The van der Waals surface area contributed by atoms with Crippen molar-refractivity contribution in [3.8, 4) is 5.75 Å². The number of aromatic hydroxyl groups is 1. The molecule has 0 fully saturated rings. The molecule has 3 heterocycles. The molecule has 4 rings (SSSR count). The molecule has 2 aromatic heterocycles. The summed E-state index contributed by atoms with van der Waals surface area (Å²) in [6.07, 6.45) is 5.31. The largest absolute Gasteiger partial charge is 0.508 e. The summed E-state index contributed by atoms with van der Waals surface area (Å²) in [6, 6.07) is 13.5. The van der Waals surface area contributed by atoms with Gasteiger partial charge in [-0.15, -0.1) is 0 Å². The Bertz CT molecular complexity index is 920. The number of rotatable bonds is 3. The normalized spacial score (nSPS) is 16.7. The number of hydrazone groups is 1. The van der Waals surface area contributed by atoms with Crippen molar-refractivity contribution in [2.75, 3.05) is 0 Å². The number of furan rings is 1. The van der Waals surface area contributed by atoms with Crippen LogP contribution in [0, 0.1) is 0 Å². The molecular weight excluding hydrogens is 318 g/mol. The smallest absolute Gasteiger partial charge is 0.310 e. The number of hydrogen-bond acceptors (Lipinski definition) is 5. The number of phenols is 1. The van der Waals surface area contributed by atoms with Crippen LogP contribution in [0.15, 0.2) is 76.7 Å². The Kier molecular flexibility index (Phi) is 3.78. The van der Waals surface area contributed by atoms with Gasteiger partial charge in [0, 0.05) is 29.9 Å². The second kappa shape index (κ2) is 6.24. The van der Waals surface area contributed by atoms with Gasteiger partial charge in [0.25, 0.3) is 0 Å². The molecule has 0 saturated carbocycles. The minimum absolute atomic E-state index is 0.135. The van der Waals surface area contributed by atoms with Gasteiger partial charge in [-0.05, 0) is 30.3 Å². The minimum atomic E-state index is -0.401. The average Bonchev–Trinajstić information content (AvgIpc) is 3.32. The van der Waals surface area contributed by atoms with E-state index in [1.165, 1.54) is 11.3 Å². The van der Waals surface area contributed by atoms with Gasteiger partial charge >= 0.3 is 5.91 Å². The first-order valence-corrected chi connectivity index (χ1v) is 7.87. The Morgan fingerprint density at radius 2 is 1.92 bits per heavy atom. The Labute approximate surface area is 144 Å². The summed E-state index contributed by atoms with van der Waals surface area (Å²) in [5, 5.41) is 16.1. The Morgan fingerprint density at radius 1 is 1.12 bits per heavy atom. The molecule has 1 aliphatic rings. The fraction of sp³-hybridized carbons (Fsp3) is 0.105. The van der Waals surface area contributed by atoms with Crippen LogP contribution in [0.25, 0.3) is 0 Å². The minimum Gasteiger partial charge on any atom is -0.508 e. The molecule has 0 saturated heterocycles. The molecule has 6 nitrogen and oxygen atoms in total. The predicted molar refractivity (Wildman–Crippen MR) is 91.1 cm³/mol. The number of carbonyl (C=O) groups is 1. The van der Waals surface area contributed by atoms with E-state index in [0.717, 1.165) is 11.3 Å². The van der Waals surface area contributed by atoms with Crippen LogP contribution in [0.2, 0.25) is 0 Å². The third-order valence-corrected chi connectivity index (χ3v) is 4.16. The van der Waals surface area contributed by atoms with Crippen molar-refractivity contribution in [3.05, 3.63) is 84.1 Å². The summed E-state index contributed by atoms with van der Waals surface area (Å²) in [5.41, 5.74) is 2.30. The molecule has 1 amide bonds. The van der Waals surface area contributed by atoms with Gasteiger partial charge in [-0.2, -0.15) is 5.10 Å². The maximum Gasteiger partial charge on any atom is 0.310 e. The van der Waals surface area contributed by atoms with Crippen LogP contribution in [0.4, 0.5) is 0 Å². The Balaban J connectivity index is 1.75. The fourth-order valence-electron chi connectivity index (χ4n) is 2.94. The van der Waals surface area contributed by atoms with Crippen molar-refractivity contribution >= 4 is 11.6 Å². The summed E-state index contributed by atoms with van der Waals surface area (Å²) >= 11 is 0. The molecular formula is C19H15N3O3. The van der Waals surface area contributed by atoms with Gasteiger partial charge in [-0.3, -0.25) is 9.78 Å². The lowest BCUT2D eigenvalue weighted by atomic mass is 9.98. The van der Waals surface area contributed by atoms with Gasteiger partial charge in [0.1, 0.15) is 5.75 Å². The molecule has 0 radical (unpaired) electrons. The van der Waals surface area contributed by atoms with Crippen LogP contribution in [0.1, 0.15) is 34.1 Å². The van der Waals surface area contributed by atoms with Crippen LogP contribution < -0.4 is 0 Å². The molecule has 6 heteroatoms. The zero-order chi connectivity index (χ0) is 17.2. The van der Waals surface area contributed by atoms with E-state index in [0.29, 0.717) is 12.0 Å². The average molecular weight is 333 g/mol. The van der Waals surface area contributed by atoms with Gasteiger partial charge < -0.3 is 9.52 Å². The first-order valence-electron chi connectivity index (χ1n) is 7.87. The van der Waals surface area contributed by atoms with E-state index in [-0.39, 0.29) is 17.4 Å². The van der Waals surface area contributed by atoms with Gasteiger partial charge in [-0.25, -0.2) is 5.01 Å². The van der Waals surface area contributed by atoms with Crippen LogP contribution in [-0.4, -0.2) is 26.7 Å². The highest BCUT2D eigenvalue weighted by molar-refractivity contribution is 6.04. The molecule has 1 atom stereocenters. The third-order valence-electron chi connectivity index (χ3n) is 4.16. The molecule has 1 N–H and O–H groups in total. The Hall–Kier alpha value is -3.41. The number of aromatic nitrogens is 1. The number of carbonyl (C=O) groups excluding carboxylic acids is 1. The second-order valence-electron chi connectivity index (χ2n) is 5.69. The van der Waals surface area contributed by atoms with Crippen LogP contribution in [0.3, 0.4) is 0 Å². The molecule has 1 aromatic carbocycles. The fourth-order valence-corrected chi connectivity index (χ4v) is 2.94. The van der Waals surface area contributed by atoms with Gasteiger partial charge in [-0.1, -0.05) is 18.2 Å². The SMILES string of the molecule is O=C(c1ccco1)N1N=C(c2ccncc2)C[C@H]1c1ccccc1O.